The molecule has 0 saturated heterocycles. The van der Waals surface area contributed by atoms with Gasteiger partial charge in [0.2, 0.25) is 0 Å². The summed E-state index contributed by atoms with van der Waals surface area (Å²) in [7, 11) is 0. The number of hydrogen-bond donors (Lipinski definition) is 6. The number of rotatable bonds is 34. The van der Waals surface area contributed by atoms with Crippen LogP contribution < -0.4 is 10.6 Å². The molecule has 0 radical (unpaired) electrons. The monoisotopic (exact) mass is 791 g/mol. The van der Waals surface area contributed by atoms with Crippen molar-refractivity contribution in [1.82, 2.24) is 10.6 Å². The third kappa shape index (κ3) is 20.6. The van der Waals surface area contributed by atoms with E-state index in [1.165, 1.54) is 141 Å². The van der Waals surface area contributed by atoms with Gasteiger partial charge in [-0.05, 0) is 60.4 Å². The van der Waals surface area contributed by atoms with Crippen LogP contribution in [0.15, 0.2) is 60.0 Å². The third-order valence-corrected chi connectivity index (χ3v) is 11.1. The molecule has 0 heterocycles. The van der Waals surface area contributed by atoms with Gasteiger partial charge in [0, 0.05) is 24.2 Å². The topological polar surface area (TPSA) is 139 Å². The molecule has 0 bridgehead atoms. The highest BCUT2D eigenvalue weighted by molar-refractivity contribution is 5.94. The zero-order valence-electron chi connectivity index (χ0n) is 35.7. The number of hydrogen-bond acceptors (Lipinski definition) is 6. The van der Waals surface area contributed by atoms with Gasteiger partial charge in [-0.15, -0.1) is 0 Å². The first-order valence-electron chi connectivity index (χ1n) is 22.6. The van der Waals surface area contributed by atoms with Crippen molar-refractivity contribution in [1.29, 1.82) is 0 Å². The Morgan fingerprint density at radius 2 is 0.719 bits per heavy atom. The highest BCUT2D eigenvalue weighted by atomic mass is 16.3. The zero-order chi connectivity index (χ0) is 41.4. The molecular weight excluding hydrogens is 713 g/mol. The van der Waals surface area contributed by atoms with Gasteiger partial charge in [-0.1, -0.05) is 179 Å². The summed E-state index contributed by atoms with van der Waals surface area (Å²) in [5.41, 5.74) is 0.191. The molecule has 2 aromatic rings. The zero-order valence-corrected chi connectivity index (χ0v) is 35.7. The van der Waals surface area contributed by atoms with E-state index in [0.29, 0.717) is 35.3 Å². The normalized spacial score (nSPS) is 12.2. The van der Waals surface area contributed by atoms with E-state index in [4.69, 9.17) is 0 Å². The standard InChI is InChI=1S/C49H78N2O6/c1-3-5-7-9-11-13-15-17-19-21-23-25-35-50-47(56)43-31-27-41(28-32-43)37-45(54)49(39-52,40-53)46(55)38-42-29-33-44(34-30-42)48(57)51-36-26-24-22-20-18-16-14-12-10-8-6-4-2/h27-34,37-38,52-55H,3-26,35-36,39-40H2,1-2H3,(H,50,56)(H,51,57). The fraction of sp³-hybridized carbons (Fsp3) is 0.633. The van der Waals surface area contributed by atoms with Crippen LogP contribution in [0.5, 0.6) is 0 Å². The molecule has 57 heavy (non-hydrogen) atoms. The first-order valence-corrected chi connectivity index (χ1v) is 22.6. The summed E-state index contributed by atoms with van der Waals surface area (Å²) in [6.45, 7) is 4.23. The van der Waals surface area contributed by atoms with Crippen molar-refractivity contribution in [2.24, 2.45) is 5.41 Å². The van der Waals surface area contributed by atoms with Gasteiger partial charge in [0.25, 0.3) is 11.8 Å². The summed E-state index contributed by atoms with van der Waals surface area (Å²) >= 11 is 0. The Balaban J connectivity index is 1.77. The lowest BCUT2D eigenvalue weighted by Crippen LogP contribution is -2.34. The largest absolute Gasteiger partial charge is 0.511 e. The molecule has 8 heteroatoms. The van der Waals surface area contributed by atoms with Gasteiger partial charge in [0.05, 0.1) is 13.2 Å². The number of carbonyl (C=O) groups is 2. The number of carbonyl (C=O) groups excluding carboxylic acids is 2. The fourth-order valence-electron chi connectivity index (χ4n) is 7.10. The molecule has 0 unspecified atom stereocenters. The average Bonchev–Trinajstić information content (AvgIpc) is 3.22. The minimum atomic E-state index is -1.85. The Labute approximate surface area is 345 Å². The second kappa shape index (κ2) is 31.4. The van der Waals surface area contributed by atoms with Crippen LogP contribution in [0.3, 0.4) is 0 Å². The van der Waals surface area contributed by atoms with E-state index in [2.05, 4.69) is 24.5 Å². The molecule has 0 aromatic heterocycles. The number of nitrogens with one attached hydrogen (secondary N) is 2. The van der Waals surface area contributed by atoms with Crippen molar-refractivity contribution in [3.8, 4) is 0 Å². The molecule has 0 aliphatic heterocycles. The minimum absolute atomic E-state index is 0.165. The SMILES string of the molecule is CCCCCCCCCCCCCCNC(=O)c1ccc(C=C(O)C(CO)(CO)C(O)=Cc2ccc(C(=O)NCCCCCCCCCCCCCC)cc2)cc1. The Kier molecular flexibility index (Phi) is 27.3. The summed E-state index contributed by atoms with van der Waals surface area (Å²) < 4.78 is 0. The maximum Gasteiger partial charge on any atom is 0.251 e. The number of aliphatic hydroxyl groups excluding tert-OH is 4. The molecule has 0 fully saturated rings. The molecule has 0 spiro atoms. The van der Waals surface area contributed by atoms with Crippen molar-refractivity contribution in [3.63, 3.8) is 0 Å². The van der Waals surface area contributed by atoms with Crippen LogP contribution in [0.2, 0.25) is 0 Å². The average molecular weight is 791 g/mol. The van der Waals surface area contributed by atoms with Crippen molar-refractivity contribution in [2.45, 2.75) is 168 Å². The van der Waals surface area contributed by atoms with E-state index in [1.807, 2.05) is 0 Å². The second-order valence-electron chi connectivity index (χ2n) is 16.0. The van der Waals surface area contributed by atoms with E-state index in [0.717, 1.165) is 25.7 Å². The van der Waals surface area contributed by atoms with Gasteiger partial charge < -0.3 is 31.1 Å². The number of aliphatic hydroxyl groups is 4. The lowest BCUT2D eigenvalue weighted by atomic mass is 9.83. The van der Waals surface area contributed by atoms with Crippen molar-refractivity contribution in [3.05, 3.63) is 82.3 Å². The van der Waals surface area contributed by atoms with Crippen molar-refractivity contribution in [2.75, 3.05) is 26.3 Å². The van der Waals surface area contributed by atoms with E-state index in [1.54, 1.807) is 48.5 Å². The quantitative estimate of drug-likeness (QED) is 0.0308. The van der Waals surface area contributed by atoms with Crippen molar-refractivity contribution < 1.29 is 30.0 Å². The first-order chi connectivity index (χ1) is 27.8. The molecule has 0 aliphatic carbocycles. The summed E-state index contributed by atoms with van der Waals surface area (Å²) in [6, 6.07) is 13.3. The Morgan fingerprint density at radius 3 is 0.982 bits per heavy atom. The molecule has 2 rings (SSSR count). The molecule has 2 aromatic carbocycles. The summed E-state index contributed by atoms with van der Waals surface area (Å²) in [5.74, 6) is -1.19. The van der Waals surface area contributed by atoms with Crippen LogP contribution >= 0.6 is 0 Å². The van der Waals surface area contributed by atoms with Crippen LogP contribution in [0, 0.1) is 5.41 Å². The Bertz CT molecular complexity index is 1290. The number of amides is 2. The molecule has 0 atom stereocenters. The van der Waals surface area contributed by atoms with Crippen LogP contribution in [0.4, 0.5) is 0 Å². The van der Waals surface area contributed by atoms with Crippen molar-refractivity contribution >= 4 is 24.0 Å². The first kappa shape index (κ1) is 49.5. The van der Waals surface area contributed by atoms with E-state index < -0.39 is 30.1 Å². The molecule has 0 aliphatic rings. The summed E-state index contributed by atoms with van der Waals surface area (Å²) in [6.07, 6.45) is 33.1. The molecule has 0 saturated carbocycles. The van der Waals surface area contributed by atoms with Crippen LogP contribution in [-0.2, 0) is 0 Å². The maximum absolute atomic E-state index is 12.7. The molecule has 6 N–H and O–H groups in total. The van der Waals surface area contributed by atoms with E-state index in [9.17, 15) is 30.0 Å². The lowest BCUT2D eigenvalue weighted by Gasteiger charge is -2.28. The smallest absolute Gasteiger partial charge is 0.251 e. The number of benzene rings is 2. The van der Waals surface area contributed by atoms with Gasteiger partial charge in [0.15, 0.2) is 0 Å². The summed E-state index contributed by atoms with van der Waals surface area (Å²) in [5, 5.41) is 48.6. The van der Waals surface area contributed by atoms with Gasteiger partial charge in [-0.25, -0.2) is 0 Å². The van der Waals surface area contributed by atoms with Crippen LogP contribution in [0.1, 0.15) is 200 Å². The Morgan fingerprint density at radius 1 is 0.456 bits per heavy atom. The third-order valence-electron chi connectivity index (χ3n) is 11.1. The second-order valence-corrected chi connectivity index (χ2v) is 16.0. The molecule has 320 valence electrons. The van der Waals surface area contributed by atoms with Gasteiger partial charge in [0.1, 0.15) is 16.9 Å². The minimum Gasteiger partial charge on any atom is -0.511 e. The van der Waals surface area contributed by atoms with Crippen LogP contribution in [-0.4, -0.2) is 58.5 Å². The fourth-order valence-corrected chi connectivity index (χ4v) is 7.10. The van der Waals surface area contributed by atoms with Gasteiger partial charge in [-0.2, -0.15) is 0 Å². The van der Waals surface area contributed by atoms with E-state index in [-0.39, 0.29) is 11.8 Å². The predicted molar refractivity (Wildman–Crippen MR) is 238 cm³/mol. The number of unbranched alkanes of at least 4 members (excludes halogenated alkanes) is 22. The molecule has 2 amide bonds. The van der Waals surface area contributed by atoms with Gasteiger partial charge >= 0.3 is 0 Å². The Hall–Kier alpha value is -3.62. The van der Waals surface area contributed by atoms with E-state index >= 15 is 0 Å². The lowest BCUT2D eigenvalue weighted by molar-refractivity contribution is 0.0487. The highest BCUT2D eigenvalue weighted by Gasteiger charge is 2.38. The molecule has 8 nitrogen and oxygen atoms in total. The molecular formula is C49H78N2O6. The predicted octanol–water partition coefficient (Wildman–Crippen LogP) is 12.0. The maximum atomic E-state index is 12.7. The van der Waals surface area contributed by atoms with Gasteiger partial charge in [-0.3, -0.25) is 9.59 Å². The summed E-state index contributed by atoms with van der Waals surface area (Å²) in [4.78, 5) is 25.4. The highest BCUT2D eigenvalue weighted by Crippen LogP contribution is 2.34. The van der Waals surface area contributed by atoms with Crippen LogP contribution in [0.25, 0.3) is 12.2 Å².